The maximum atomic E-state index is 13.0. The normalized spacial score (nSPS) is 10.3. The molecule has 0 fully saturated rings. The molecule has 0 aromatic heterocycles. The predicted molar refractivity (Wildman–Crippen MR) is 111 cm³/mol. The summed E-state index contributed by atoms with van der Waals surface area (Å²) >= 11 is 11.8. The van der Waals surface area contributed by atoms with E-state index in [0.717, 1.165) is 0 Å². The zero-order valence-corrected chi connectivity index (χ0v) is 16.4. The van der Waals surface area contributed by atoms with Gasteiger partial charge in [-0.25, -0.2) is 4.39 Å². The van der Waals surface area contributed by atoms with Crippen LogP contribution in [0.1, 0.15) is 10.4 Å². The van der Waals surface area contributed by atoms with E-state index in [-0.39, 0.29) is 6.61 Å². The third-order valence-electron chi connectivity index (χ3n) is 3.76. The number of amides is 2. The molecule has 0 radical (unpaired) electrons. The van der Waals surface area contributed by atoms with Gasteiger partial charge in [0.15, 0.2) is 6.61 Å². The van der Waals surface area contributed by atoms with Gasteiger partial charge < -0.3 is 15.4 Å². The fourth-order valence-corrected chi connectivity index (χ4v) is 2.87. The van der Waals surface area contributed by atoms with E-state index in [1.807, 2.05) is 0 Å². The summed E-state index contributed by atoms with van der Waals surface area (Å²) in [6, 6.07) is 16.5. The fourth-order valence-electron chi connectivity index (χ4n) is 2.41. The molecule has 148 valence electrons. The van der Waals surface area contributed by atoms with E-state index in [4.69, 9.17) is 27.9 Å². The van der Waals surface area contributed by atoms with Crippen molar-refractivity contribution in [1.29, 1.82) is 0 Å². The highest BCUT2D eigenvalue weighted by atomic mass is 35.5. The minimum Gasteiger partial charge on any atom is -0.482 e. The van der Waals surface area contributed by atoms with Crippen molar-refractivity contribution in [3.8, 4) is 5.75 Å². The van der Waals surface area contributed by atoms with Crippen molar-refractivity contribution in [2.24, 2.45) is 0 Å². The Bertz CT molecular complexity index is 1040. The van der Waals surface area contributed by atoms with Crippen LogP contribution in [0.5, 0.6) is 5.75 Å². The molecule has 0 spiro atoms. The number of halogens is 3. The van der Waals surface area contributed by atoms with Gasteiger partial charge in [-0.1, -0.05) is 29.3 Å². The summed E-state index contributed by atoms with van der Waals surface area (Å²) in [6.07, 6.45) is 0. The topological polar surface area (TPSA) is 67.4 Å². The standard InChI is InChI=1S/C21H15Cl2FN2O3/c22-14-4-9-19(18(23)11-14)29-12-20(27)25-17-3-1-2-13(10-17)21(28)26-16-7-5-15(24)6-8-16/h1-11H,12H2,(H,25,27)(H,26,28). The van der Waals surface area contributed by atoms with E-state index < -0.39 is 17.6 Å². The largest absolute Gasteiger partial charge is 0.482 e. The molecule has 0 atom stereocenters. The molecule has 3 aromatic carbocycles. The average Bonchev–Trinajstić information content (AvgIpc) is 2.69. The van der Waals surface area contributed by atoms with Crippen LogP contribution in [0, 0.1) is 5.82 Å². The van der Waals surface area contributed by atoms with Crippen molar-refractivity contribution in [3.05, 3.63) is 88.2 Å². The maximum Gasteiger partial charge on any atom is 0.262 e. The van der Waals surface area contributed by atoms with Crippen LogP contribution in [0.2, 0.25) is 10.0 Å². The van der Waals surface area contributed by atoms with Gasteiger partial charge in [0.05, 0.1) is 5.02 Å². The van der Waals surface area contributed by atoms with E-state index in [9.17, 15) is 14.0 Å². The zero-order chi connectivity index (χ0) is 20.8. The van der Waals surface area contributed by atoms with Gasteiger partial charge in [0, 0.05) is 22.0 Å². The Morgan fingerprint density at radius 2 is 1.66 bits per heavy atom. The highest BCUT2D eigenvalue weighted by Gasteiger charge is 2.10. The third-order valence-corrected chi connectivity index (χ3v) is 4.29. The van der Waals surface area contributed by atoms with Gasteiger partial charge >= 0.3 is 0 Å². The van der Waals surface area contributed by atoms with E-state index in [1.54, 1.807) is 30.3 Å². The van der Waals surface area contributed by atoms with Gasteiger partial charge in [0.25, 0.3) is 11.8 Å². The molecule has 2 N–H and O–H groups in total. The number of nitrogens with one attached hydrogen (secondary N) is 2. The van der Waals surface area contributed by atoms with Gasteiger partial charge in [-0.2, -0.15) is 0 Å². The second-order valence-electron chi connectivity index (χ2n) is 5.95. The van der Waals surface area contributed by atoms with Crippen molar-refractivity contribution in [2.45, 2.75) is 0 Å². The summed E-state index contributed by atoms with van der Waals surface area (Å²) in [5, 5.41) is 6.06. The number of rotatable bonds is 6. The molecule has 3 rings (SSSR count). The molecule has 2 amide bonds. The molecule has 3 aromatic rings. The summed E-state index contributed by atoms with van der Waals surface area (Å²) in [5.74, 6) is -0.877. The molecule has 29 heavy (non-hydrogen) atoms. The molecule has 0 bridgehead atoms. The van der Waals surface area contributed by atoms with E-state index in [2.05, 4.69) is 10.6 Å². The van der Waals surface area contributed by atoms with E-state index in [0.29, 0.717) is 32.7 Å². The number of hydrogen-bond donors (Lipinski definition) is 2. The first-order valence-electron chi connectivity index (χ1n) is 8.45. The van der Waals surface area contributed by atoms with Gasteiger partial charge in [-0.15, -0.1) is 0 Å². The molecule has 5 nitrogen and oxygen atoms in total. The molecule has 0 saturated carbocycles. The maximum absolute atomic E-state index is 13.0. The van der Waals surface area contributed by atoms with Gasteiger partial charge in [-0.05, 0) is 60.7 Å². The number of anilines is 2. The van der Waals surface area contributed by atoms with Crippen LogP contribution in [-0.2, 0) is 4.79 Å². The lowest BCUT2D eigenvalue weighted by atomic mass is 10.2. The van der Waals surface area contributed by atoms with Crippen LogP contribution >= 0.6 is 23.2 Å². The molecule has 0 heterocycles. The molecule has 0 aliphatic carbocycles. The number of ether oxygens (including phenoxy) is 1. The summed E-state index contributed by atoms with van der Waals surface area (Å²) in [5.41, 5.74) is 1.21. The highest BCUT2D eigenvalue weighted by molar-refractivity contribution is 6.35. The van der Waals surface area contributed by atoms with Gasteiger partial charge in [0.1, 0.15) is 11.6 Å². The van der Waals surface area contributed by atoms with Crippen molar-refractivity contribution < 1.29 is 18.7 Å². The van der Waals surface area contributed by atoms with Crippen molar-refractivity contribution >= 4 is 46.4 Å². The highest BCUT2D eigenvalue weighted by Crippen LogP contribution is 2.27. The van der Waals surface area contributed by atoms with E-state index >= 15 is 0 Å². The summed E-state index contributed by atoms with van der Waals surface area (Å²) < 4.78 is 18.3. The smallest absolute Gasteiger partial charge is 0.262 e. The van der Waals surface area contributed by atoms with Crippen LogP contribution in [-0.4, -0.2) is 18.4 Å². The summed E-state index contributed by atoms with van der Waals surface area (Å²) in [7, 11) is 0. The SMILES string of the molecule is O=C(COc1ccc(Cl)cc1Cl)Nc1cccc(C(=O)Nc2ccc(F)cc2)c1. The zero-order valence-electron chi connectivity index (χ0n) is 14.9. The van der Waals surface area contributed by atoms with Crippen LogP contribution in [0.25, 0.3) is 0 Å². The Hall–Kier alpha value is -3.09. The van der Waals surface area contributed by atoms with Gasteiger partial charge in [-0.3, -0.25) is 9.59 Å². The van der Waals surface area contributed by atoms with Crippen LogP contribution in [0.4, 0.5) is 15.8 Å². The Labute approximate surface area is 176 Å². The van der Waals surface area contributed by atoms with Crippen LogP contribution in [0.15, 0.2) is 66.7 Å². The quantitative estimate of drug-likeness (QED) is 0.547. The minimum atomic E-state index is -0.424. The molecular formula is C21H15Cl2FN2O3. The minimum absolute atomic E-state index is 0.270. The Kier molecular flexibility index (Phi) is 6.69. The van der Waals surface area contributed by atoms with Crippen molar-refractivity contribution in [3.63, 3.8) is 0 Å². The second kappa shape index (κ2) is 9.41. The molecule has 0 aliphatic rings. The Morgan fingerprint density at radius 1 is 0.897 bits per heavy atom. The summed E-state index contributed by atoms with van der Waals surface area (Å²) in [6.45, 7) is -0.270. The first kappa shape index (κ1) is 20.6. The Balaban J connectivity index is 1.59. The monoisotopic (exact) mass is 432 g/mol. The third kappa shape index (κ3) is 5.94. The molecule has 0 aliphatic heterocycles. The first-order chi connectivity index (χ1) is 13.9. The van der Waals surface area contributed by atoms with Crippen molar-refractivity contribution in [1.82, 2.24) is 0 Å². The van der Waals surface area contributed by atoms with Crippen LogP contribution < -0.4 is 15.4 Å². The number of benzene rings is 3. The van der Waals surface area contributed by atoms with Gasteiger partial charge in [0.2, 0.25) is 0 Å². The summed E-state index contributed by atoms with van der Waals surface area (Å²) in [4.78, 5) is 24.5. The number of hydrogen-bond acceptors (Lipinski definition) is 3. The van der Waals surface area contributed by atoms with E-state index in [1.165, 1.54) is 36.4 Å². The fraction of sp³-hybridized carbons (Fsp3) is 0.0476. The average molecular weight is 433 g/mol. The lowest BCUT2D eigenvalue weighted by molar-refractivity contribution is -0.118. The number of carbonyl (C=O) groups excluding carboxylic acids is 2. The Morgan fingerprint density at radius 3 is 2.38 bits per heavy atom. The molecule has 0 unspecified atom stereocenters. The molecular weight excluding hydrogens is 418 g/mol. The molecule has 8 heteroatoms. The lowest BCUT2D eigenvalue weighted by Gasteiger charge is -2.10. The number of carbonyl (C=O) groups is 2. The lowest BCUT2D eigenvalue weighted by Crippen LogP contribution is -2.20. The van der Waals surface area contributed by atoms with Crippen molar-refractivity contribution in [2.75, 3.05) is 17.2 Å². The first-order valence-corrected chi connectivity index (χ1v) is 9.21. The molecule has 0 saturated heterocycles. The second-order valence-corrected chi connectivity index (χ2v) is 6.80. The van der Waals surface area contributed by atoms with Crippen LogP contribution in [0.3, 0.4) is 0 Å². The predicted octanol–water partition coefficient (Wildman–Crippen LogP) is 5.40.